The second-order valence-corrected chi connectivity index (χ2v) is 7.86. The van der Waals surface area contributed by atoms with E-state index in [0.29, 0.717) is 29.6 Å². The minimum absolute atomic E-state index is 0. The summed E-state index contributed by atoms with van der Waals surface area (Å²) in [6.07, 6.45) is 11.8. The zero-order valence-corrected chi connectivity index (χ0v) is 20.9. The SMILES string of the molecule is Cc1cccc(C(c2cccc(C)c2)C2C(C)[CH-]C3C=CC=CC32)c1.[Cl-].[Cl-].[Cl-].[Ti+4]. The molecule has 0 heterocycles. The van der Waals surface area contributed by atoms with Crippen molar-refractivity contribution in [3.8, 4) is 0 Å². The van der Waals surface area contributed by atoms with Crippen LogP contribution >= 0.6 is 0 Å². The van der Waals surface area contributed by atoms with Gasteiger partial charge in [-0.3, -0.25) is 0 Å². The number of hydrogen-bond donors (Lipinski definition) is 0. The molecule has 2 aromatic rings. The molecule has 1 saturated carbocycles. The van der Waals surface area contributed by atoms with Gasteiger partial charge in [0.25, 0.3) is 0 Å². The van der Waals surface area contributed by atoms with E-state index >= 15 is 0 Å². The molecule has 4 rings (SSSR count). The fourth-order valence-corrected chi connectivity index (χ4v) is 4.94. The van der Waals surface area contributed by atoms with Crippen LogP contribution in [-0.2, 0) is 21.7 Å². The minimum Gasteiger partial charge on any atom is -1.00 e. The van der Waals surface area contributed by atoms with Crippen molar-refractivity contribution in [1.29, 1.82) is 0 Å². The van der Waals surface area contributed by atoms with Gasteiger partial charge in [-0.2, -0.15) is 5.92 Å². The Balaban J connectivity index is 0.00000196. The Morgan fingerprint density at radius 3 is 1.83 bits per heavy atom. The summed E-state index contributed by atoms with van der Waals surface area (Å²) in [4.78, 5) is 0. The molecule has 0 aromatic heterocycles. The predicted octanol–water partition coefficient (Wildman–Crippen LogP) is -2.73. The third kappa shape index (κ3) is 6.02. The van der Waals surface area contributed by atoms with Crippen molar-refractivity contribution in [2.45, 2.75) is 26.7 Å². The van der Waals surface area contributed by atoms with Gasteiger partial charge in [-0.15, -0.1) is 12.0 Å². The van der Waals surface area contributed by atoms with Crippen LogP contribution in [0.2, 0.25) is 0 Å². The van der Waals surface area contributed by atoms with Crippen molar-refractivity contribution >= 4 is 0 Å². The quantitative estimate of drug-likeness (QED) is 0.330. The summed E-state index contributed by atoms with van der Waals surface area (Å²) < 4.78 is 0. The average Bonchev–Trinajstić information content (AvgIpc) is 2.92. The van der Waals surface area contributed by atoms with Gasteiger partial charge in [0, 0.05) is 5.92 Å². The first-order valence-electron chi connectivity index (χ1n) is 9.46. The van der Waals surface area contributed by atoms with Crippen LogP contribution in [0.15, 0.2) is 72.8 Å². The largest absolute Gasteiger partial charge is 4.00 e. The molecule has 0 saturated heterocycles. The predicted molar refractivity (Wildman–Crippen MR) is 106 cm³/mol. The van der Waals surface area contributed by atoms with E-state index in [2.05, 4.69) is 100 Å². The molecule has 4 atom stereocenters. The number of aryl methyl sites for hydroxylation is 2. The van der Waals surface area contributed by atoms with Crippen molar-refractivity contribution < 1.29 is 58.9 Å². The summed E-state index contributed by atoms with van der Waals surface area (Å²) in [6.45, 7) is 6.81. The van der Waals surface area contributed by atoms with Crippen molar-refractivity contribution in [3.63, 3.8) is 0 Å². The Morgan fingerprint density at radius 1 is 0.793 bits per heavy atom. The number of allylic oxidation sites excluding steroid dienone is 4. The smallest absolute Gasteiger partial charge is 1.00 e. The Labute approximate surface area is 209 Å². The van der Waals surface area contributed by atoms with E-state index in [-0.39, 0.29) is 58.9 Å². The van der Waals surface area contributed by atoms with Gasteiger partial charge >= 0.3 is 21.7 Å². The molecule has 2 aliphatic carbocycles. The topological polar surface area (TPSA) is 0 Å². The maximum atomic E-state index is 2.56. The fraction of sp³-hybridized carbons (Fsp3) is 0.320. The minimum atomic E-state index is 0. The van der Waals surface area contributed by atoms with Gasteiger partial charge in [0.1, 0.15) is 0 Å². The van der Waals surface area contributed by atoms with Gasteiger partial charge in [0.15, 0.2) is 0 Å². The molecular weight excluding hydrogens is 455 g/mol. The average molecular weight is 482 g/mol. The van der Waals surface area contributed by atoms with E-state index < -0.39 is 0 Å². The van der Waals surface area contributed by atoms with E-state index in [4.69, 9.17) is 0 Å². The summed E-state index contributed by atoms with van der Waals surface area (Å²) in [5, 5.41) is 0. The van der Waals surface area contributed by atoms with Gasteiger partial charge < -0.3 is 43.6 Å². The van der Waals surface area contributed by atoms with Gasteiger partial charge in [-0.1, -0.05) is 90.7 Å². The van der Waals surface area contributed by atoms with Gasteiger partial charge in [0.05, 0.1) is 0 Å². The number of rotatable bonds is 3. The van der Waals surface area contributed by atoms with Crippen LogP contribution in [0, 0.1) is 43.9 Å². The molecule has 0 radical (unpaired) electrons. The number of benzene rings is 2. The van der Waals surface area contributed by atoms with Crippen LogP contribution in [0.25, 0.3) is 0 Å². The molecular formula is C25H27Cl3Ti. The first-order valence-corrected chi connectivity index (χ1v) is 9.46. The molecule has 0 N–H and O–H groups in total. The zero-order valence-electron chi connectivity index (χ0n) is 17.0. The summed E-state index contributed by atoms with van der Waals surface area (Å²) in [7, 11) is 0. The summed E-state index contributed by atoms with van der Waals surface area (Å²) in [5.41, 5.74) is 5.61. The number of hydrogen-bond acceptors (Lipinski definition) is 0. The number of halogens is 3. The van der Waals surface area contributed by atoms with Crippen LogP contribution in [0.3, 0.4) is 0 Å². The molecule has 1 fully saturated rings. The fourth-order valence-electron chi connectivity index (χ4n) is 4.94. The van der Waals surface area contributed by atoms with Crippen LogP contribution in [0.4, 0.5) is 0 Å². The van der Waals surface area contributed by atoms with E-state index in [0.717, 1.165) is 0 Å². The summed E-state index contributed by atoms with van der Waals surface area (Å²) >= 11 is 0. The summed E-state index contributed by atoms with van der Waals surface area (Å²) in [5.74, 6) is 2.84. The Bertz CT molecular complexity index is 785. The Kier molecular flexibility index (Phi) is 12.2. The normalized spacial score (nSPS) is 23.9. The monoisotopic (exact) mass is 480 g/mol. The van der Waals surface area contributed by atoms with Gasteiger partial charge in [0.2, 0.25) is 0 Å². The molecule has 29 heavy (non-hydrogen) atoms. The Morgan fingerprint density at radius 2 is 1.31 bits per heavy atom. The van der Waals surface area contributed by atoms with Crippen molar-refractivity contribution in [2.75, 3.05) is 0 Å². The molecule has 0 bridgehead atoms. The first-order chi connectivity index (χ1) is 12.1. The van der Waals surface area contributed by atoms with Crippen LogP contribution < -0.4 is 37.2 Å². The van der Waals surface area contributed by atoms with Crippen LogP contribution in [0.1, 0.15) is 35.1 Å². The first kappa shape index (κ1) is 28.5. The van der Waals surface area contributed by atoms with Gasteiger partial charge in [-0.25, -0.2) is 0 Å². The van der Waals surface area contributed by atoms with Crippen molar-refractivity contribution in [2.24, 2.45) is 23.7 Å². The molecule has 0 nitrogen and oxygen atoms in total. The molecule has 0 aliphatic heterocycles. The van der Waals surface area contributed by atoms with E-state index in [1.165, 1.54) is 22.3 Å². The maximum absolute atomic E-state index is 2.56. The van der Waals surface area contributed by atoms with Crippen LogP contribution in [0.5, 0.6) is 0 Å². The van der Waals surface area contributed by atoms with E-state index in [1.54, 1.807) is 0 Å². The van der Waals surface area contributed by atoms with E-state index in [9.17, 15) is 0 Å². The second kappa shape index (κ2) is 12.4. The standard InChI is InChI=1S/C25H27.3ClH.Ti/c1-17-8-6-11-21(14-17)25(22-12-7-9-18(2)15-22)24-19(3)16-20-10-4-5-13-23(20)24;;;;/h4-16,19-20,23-25H,1-3H3;3*1H;/q-1;;;;+4/p-3. The third-order valence-corrected chi connectivity index (χ3v) is 5.99. The number of fused-ring (bicyclic) bond motifs is 1. The molecule has 0 amide bonds. The molecule has 4 unspecified atom stereocenters. The maximum Gasteiger partial charge on any atom is 4.00 e. The van der Waals surface area contributed by atoms with Gasteiger partial charge in [-0.05, 0) is 30.9 Å². The molecule has 2 aliphatic rings. The molecule has 152 valence electrons. The molecule has 4 heteroatoms. The zero-order chi connectivity index (χ0) is 17.4. The van der Waals surface area contributed by atoms with Crippen molar-refractivity contribution in [1.82, 2.24) is 0 Å². The summed E-state index contributed by atoms with van der Waals surface area (Å²) in [6, 6.07) is 18.2. The van der Waals surface area contributed by atoms with Crippen molar-refractivity contribution in [3.05, 3.63) is 102 Å². The third-order valence-electron chi connectivity index (χ3n) is 5.99. The molecule has 2 aromatic carbocycles. The molecule has 0 spiro atoms. The second-order valence-electron chi connectivity index (χ2n) is 7.86. The van der Waals surface area contributed by atoms with Crippen LogP contribution in [-0.4, -0.2) is 0 Å². The van der Waals surface area contributed by atoms with E-state index in [1.807, 2.05) is 0 Å². The Hall–Kier alpha value is -0.496.